The third kappa shape index (κ3) is 4.31. The van der Waals surface area contributed by atoms with Gasteiger partial charge in [-0.05, 0) is 11.8 Å². The lowest BCUT2D eigenvalue weighted by Gasteiger charge is -2.03. The molecular weight excluding hydrogens is 258 g/mol. The second kappa shape index (κ2) is 6.14. The molecule has 2 aromatic heterocycles. The summed E-state index contributed by atoms with van der Waals surface area (Å²) in [6, 6.07) is 0. The molecule has 0 aliphatic heterocycles. The van der Waals surface area contributed by atoms with Crippen LogP contribution in [0.1, 0.15) is 33.5 Å². The van der Waals surface area contributed by atoms with Gasteiger partial charge in [0.15, 0.2) is 0 Å². The van der Waals surface area contributed by atoms with E-state index in [1.54, 1.807) is 0 Å². The van der Waals surface area contributed by atoms with Crippen molar-refractivity contribution < 1.29 is 0 Å². The van der Waals surface area contributed by atoms with Crippen molar-refractivity contribution in [1.29, 1.82) is 0 Å². The van der Waals surface area contributed by atoms with Crippen LogP contribution in [-0.4, -0.2) is 19.1 Å². The Hall–Kier alpha value is -1.43. The Labute approximate surface area is 118 Å². The van der Waals surface area contributed by atoms with E-state index >= 15 is 0 Å². The van der Waals surface area contributed by atoms with Crippen LogP contribution in [0.2, 0.25) is 0 Å². The average molecular weight is 279 g/mol. The van der Waals surface area contributed by atoms with Gasteiger partial charge in [-0.15, -0.1) is 0 Å². The summed E-state index contributed by atoms with van der Waals surface area (Å²) in [7, 11) is 0. The summed E-state index contributed by atoms with van der Waals surface area (Å²) in [4.78, 5) is 4.48. The molecule has 2 aromatic rings. The van der Waals surface area contributed by atoms with Gasteiger partial charge in [0, 0.05) is 30.7 Å². The molecule has 0 radical (unpaired) electrons. The molecule has 6 heteroatoms. The topological polar surface area (TPSA) is 55.6 Å². The standard InChI is InChI=1S/C13H21N5S/c1-9(2)5-12-16-13(19-17-12)15-11-6-14-18(8-11)7-10(3)4/h6,8-10H,5,7H2,1-4H3,(H,15,16,17). The molecule has 0 bridgehead atoms. The first kappa shape index (κ1) is 14.0. The van der Waals surface area contributed by atoms with E-state index < -0.39 is 0 Å². The maximum Gasteiger partial charge on any atom is 0.207 e. The molecule has 1 N–H and O–H groups in total. The molecule has 0 aliphatic carbocycles. The number of hydrogen-bond donors (Lipinski definition) is 1. The smallest absolute Gasteiger partial charge is 0.207 e. The first-order valence-electron chi connectivity index (χ1n) is 6.65. The van der Waals surface area contributed by atoms with E-state index in [2.05, 4.69) is 47.5 Å². The number of anilines is 2. The Kier molecular flexibility index (Phi) is 4.52. The lowest BCUT2D eigenvalue weighted by atomic mass is 10.1. The van der Waals surface area contributed by atoms with Crippen LogP contribution in [-0.2, 0) is 13.0 Å². The Morgan fingerprint density at radius 3 is 2.74 bits per heavy atom. The SMILES string of the molecule is CC(C)Cc1nsc(Nc2cnn(CC(C)C)c2)n1. The van der Waals surface area contributed by atoms with Crippen molar-refractivity contribution in [1.82, 2.24) is 19.1 Å². The highest BCUT2D eigenvalue weighted by Gasteiger charge is 2.07. The van der Waals surface area contributed by atoms with Crippen LogP contribution >= 0.6 is 11.5 Å². The fourth-order valence-corrected chi connectivity index (χ4v) is 2.40. The van der Waals surface area contributed by atoms with E-state index in [9.17, 15) is 0 Å². The van der Waals surface area contributed by atoms with Crippen LogP contribution in [0.15, 0.2) is 12.4 Å². The average Bonchev–Trinajstić information content (AvgIpc) is 2.88. The molecule has 0 spiro atoms. The zero-order valence-corrected chi connectivity index (χ0v) is 12.7. The van der Waals surface area contributed by atoms with Gasteiger partial charge in [-0.2, -0.15) is 9.47 Å². The summed E-state index contributed by atoms with van der Waals surface area (Å²) < 4.78 is 6.30. The van der Waals surface area contributed by atoms with Crippen LogP contribution in [0.25, 0.3) is 0 Å². The molecule has 0 aromatic carbocycles. The number of aromatic nitrogens is 4. The molecule has 0 aliphatic rings. The number of nitrogens with zero attached hydrogens (tertiary/aromatic N) is 4. The molecule has 0 amide bonds. The predicted octanol–water partition coefficient (Wildman–Crippen LogP) is 3.33. The van der Waals surface area contributed by atoms with Crippen molar-refractivity contribution >= 4 is 22.4 Å². The van der Waals surface area contributed by atoms with Gasteiger partial charge in [0.25, 0.3) is 0 Å². The van der Waals surface area contributed by atoms with E-state index in [-0.39, 0.29) is 0 Å². The fraction of sp³-hybridized carbons (Fsp3) is 0.615. The Bertz CT molecular complexity index is 468. The third-order valence-corrected chi connectivity index (χ3v) is 3.16. The van der Waals surface area contributed by atoms with Gasteiger partial charge in [0.1, 0.15) is 5.82 Å². The summed E-state index contributed by atoms with van der Waals surface area (Å²) in [6.45, 7) is 9.62. The van der Waals surface area contributed by atoms with Crippen molar-refractivity contribution in [2.24, 2.45) is 11.8 Å². The van der Waals surface area contributed by atoms with Crippen molar-refractivity contribution in [3.8, 4) is 0 Å². The number of hydrogen-bond acceptors (Lipinski definition) is 5. The zero-order valence-electron chi connectivity index (χ0n) is 11.9. The van der Waals surface area contributed by atoms with E-state index in [1.165, 1.54) is 11.5 Å². The second-order valence-corrected chi connectivity index (χ2v) is 6.34. The molecule has 19 heavy (non-hydrogen) atoms. The van der Waals surface area contributed by atoms with Gasteiger partial charge in [0.2, 0.25) is 5.13 Å². The first-order valence-corrected chi connectivity index (χ1v) is 7.42. The quantitative estimate of drug-likeness (QED) is 0.881. The Balaban J connectivity index is 1.96. The lowest BCUT2D eigenvalue weighted by molar-refractivity contribution is 0.483. The zero-order chi connectivity index (χ0) is 13.8. The molecule has 0 atom stereocenters. The van der Waals surface area contributed by atoms with E-state index in [0.717, 1.165) is 29.6 Å². The maximum absolute atomic E-state index is 4.48. The molecule has 0 fully saturated rings. The summed E-state index contributed by atoms with van der Waals surface area (Å²) in [6.07, 6.45) is 4.75. The third-order valence-electron chi connectivity index (χ3n) is 2.50. The lowest BCUT2D eigenvalue weighted by Crippen LogP contribution is -2.04. The molecule has 2 rings (SSSR count). The van der Waals surface area contributed by atoms with E-state index in [4.69, 9.17) is 0 Å². The van der Waals surface area contributed by atoms with Gasteiger partial charge < -0.3 is 5.32 Å². The molecular formula is C13H21N5S. The maximum atomic E-state index is 4.48. The van der Waals surface area contributed by atoms with Crippen LogP contribution in [0.3, 0.4) is 0 Å². The molecule has 5 nitrogen and oxygen atoms in total. The van der Waals surface area contributed by atoms with E-state index in [0.29, 0.717) is 11.8 Å². The minimum atomic E-state index is 0.580. The minimum absolute atomic E-state index is 0.580. The minimum Gasteiger partial charge on any atom is -0.328 e. The molecule has 104 valence electrons. The monoisotopic (exact) mass is 279 g/mol. The van der Waals surface area contributed by atoms with Crippen molar-refractivity contribution in [3.63, 3.8) is 0 Å². The number of rotatable bonds is 6. The van der Waals surface area contributed by atoms with Crippen LogP contribution in [0.5, 0.6) is 0 Å². The predicted molar refractivity (Wildman–Crippen MR) is 78.8 cm³/mol. The van der Waals surface area contributed by atoms with E-state index in [1.807, 2.05) is 17.1 Å². The van der Waals surface area contributed by atoms with Gasteiger partial charge >= 0.3 is 0 Å². The Morgan fingerprint density at radius 2 is 2.05 bits per heavy atom. The Morgan fingerprint density at radius 1 is 1.26 bits per heavy atom. The summed E-state index contributed by atoms with van der Waals surface area (Å²) in [5.74, 6) is 2.08. The molecule has 0 saturated heterocycles. The van der Waals surface area contributed by atoms with Gasteiger partial charge in [-0.25, -0.2) is 4.98 Å². The fourth-order valence-electron chi connectivity index (χ4n) is 1.78. The molecule has 0 saturated carbocycles. The van der Waals surface area contributed by atoms with Crippen LogP contribution in [0.4, 0.5) is 10.8 Å². The van der Waals surface area contributed by atoms with Crippen molar-refractivity contribution in [2.45, 2.75) is 40.7 Å². The summed E-state index contributed by atoms with van der Waals surface area (Å²) in [5, 5.41) is 8.40. The van der Waals surface area contributed by atoms with Gasteiger partial charge in [0.05, 0.1) is 11.9 Å². The highest BCUT2D eigenvalue weighted by Crippen LogP contribution is 2.19. The first-order chi connectivity index (χ1) is 9.02. The molecule has 2 heterocycles. The van der Waals surface area contributed by atoms with Crippen molar-refractivity contribution in [3.05, 3.63) is 18.2 Å². The highest BCUT2D eigenvalue weighted by atomic mass is 32.1. The van der Waals surface area contributed by atoms with Gasteiger partial charge in [-0.1, -0.05) is 27.7 Å². The highest BCUT2D eigenvalue weighted by molar-refractivity contribution is 7.09. The molecule has 0 unspecified atom stereocenters. The normalized spacial score (nSPS) is 11.5. The second-order valence-electron chi connectivity index (χ2n) is 5.58. The van der Waals surface area contributed by atoms with Gasteiger partial charge in [-0.3, -0.25) is 4.68 Å². The largest absolute Gasteiger partial charge is 0.328 e. The van der Waals surface area contributed by atoms with Crippen LogP contribution < -0.4 is 5.32 Å². The summed E-state index contributed by atoms with van der Waals surface area (Å²) in [5.41, 5.74) is 0.966. The van der Waals surface area contributed by atoms with Crippen molar-refractivity contribution in [2.75, 3.05) is 5.32 Å². The summed E-state index contributed by atoms with van der Waals surface area (Å²) >= 11 is 1.40. The number of nitrogens with one attached hydrogen (secondary N) is 1. The van der Waals surface area contributed by atoms with Crippen LogP contribution in [0, 0.1) is 11.8 Å².